The van der Waals surface area contributed by atoms with Gasteiger partial charge in [0.25, 0.3) is 0 Å². The number of nitrogens with one attached hydrogen (secondary N) is 2. The first kappa shape index (κ1) is 17.2. The van der Waals surface area contributed by atoms with Gasteiger partial charge in [-0.15, -0.1) is 0 Å². The molecule has 0 saturated heterocycles. The number of amides is 2. The minimum Gasteiger partial charge on any atom is -0.494 e. The Labute approximate surface area is 140 Å². The first-order valence-electron chi connectivity index (χ1n) is 7.57. The number of rotatable bonds is 6. The van der Waals surface area contributed by atoms with Gasteiger partial charge in [0.2, 0.25) is 0 Å². The van der Waals surface area contributed by atoms with Crippen LogP contribution in [0.4, 0.5) is 0 Å². The maximum atomic E-state index is 11.7. The highest BCUT2D eigenvalue weighted by Gasteiger charge is 2.11. The summed E-state index contributed by atoms with van der Waals surface area (Å²) in [4.78, 5) is 23.3. The van der Waals surface area contributed by atoms with Crippen LogP contribution in [0, 0.1) is 0 Å². The lowest BCUT2D eigenvalue weighted by molar-refractivity contribution is -0.139. The van der Waals surface area contributed by atoms with Gasteiger partial charge in [-0.2, -0.15) is 5.10 Å². The van der Waals surface area contributed by atoms with E-state index in [0.29, 0.717) is 6.61 Å². The molecule has 2 amide bonds. The van der Waals surface area contributed by atoms with Crippen molar-refractivity contribution in [2.75, 3.05) is 6.61 Å². The summed E-state index contributed by atoms with van der Waals surface area (Å²) >= 11 is 0. The molecular formula is C18H19N3O3. The predicted molar refractivity (Wildman–Crippen MR) is 91.6 cm³/mol. The Morgan fingerprint density at radius 1 is 1.04 bits per heavy atom. The molecule has 0 radical (unpaired) electrons. The summed E-state index contributed by atoms with van der Waals surface area (Å²) in [5.41, 5.74) is 3.89. The molecule has 6 nitrogen and oxygen atoms in total. The SMILES string of the molecule is CCOc1ccc(/C=N\NC(=O)C(=O)NCc2ccccc2)cc1. The zero-order chi connectivity index (χ0) is 17.2. The first-order valence-corrected chi connectivity index (χ1v) is 7.57. The fourth-order valence-electron chi connectivity index (χ4n) is 1.89. The van der Waals surface area contributed by atoms with E-state index in [9.17, 15) is 9.59 Å². The Morgan fingerprint density at radius 3 is 2.42 bits per heavy atom. The van der Waals surface area contributed by atoms with Crippen molar-refractivity contribution in [3.8, 4) is 5.75 Å². The van der Waals surface area contributed by atoms with Crippen molar-refractivity contribution in [2.45, 2.75) is 13.5 Å². The molecule has 0 fully saturated rings. The highest BCUT2D eigenvalue weighted by Crippen LogP contribution is 2.10. The minimum absolute atomic E-state index is 0.287. The van der Waals surface area contributed by atoms with Gasteiger partial charge in [0.15, 0.2) is 0 Å². The van der Waals surface area contributed by atoms with E-state index in [4.69, 9.17) is 4.74 Å². The molecule has 0 aliphatic heterocycles. The Morgan fingerprint density at radius 2 is 1.75 bits per heavy atom. The van der Waals surface area contributed by atoms with Crippen LogP contribution in [-0.2, 0) is 16.1 Å². The van der Waals surface area contributed by atoms with Crippen LogP contribution in [0.25, 0.3) is 0 Å². The van der Waals surface area contributed by atoms with Crippen LogP contribution in [0.3, 0.4) is 0 Å². The maximum Gasteiger partial charge on any atom is 0.329 e. The van der Waals surface area contributed by atoms with Crippen molar-refractivity contribution in [1.82, 2.24) is 10.7 Å². The van der Waals surface area contributed by atoms with Crippen molar-refractivity contribution in [1.29, 1.82) is 0 Å². The number of carbonyl (C=O) groups is 2. The van der Waals surface area contributed by atoms with Crippen molar-refractivity contribution in [3.05, 3.63) is 65.7 Å². The Bertz CT molecular complexity index is 697. The molecule has 0 heterocycles. The lowest BCUT2D eigenvalue weighted by atomic mass is 10.2. The molecule has 0 bridgehead atoms. The highest BCUT2D eigenvalue weighted by atomic mass is 16.5. The third-order valence-corrected chi connectivity index (χ3v) is 3.07. The van der Waals surface area contributed by atoms with E-state index in [1.807, 2.05) is 37.3 Å². The number of hydrogen-bond donors (Lipinski definition) is 2. The first-order chi connectivity index (χ1) is 11.7. The molecule has 2 N–H and O–H groups in total. The average molecular weight is 325 g/mol. The van der Waals surface area contributed by atoms with Gasteiger partial charge >= 0.3 is 11.8 Å². The van der Waals surface area contributed by atoms with Crippen LogP contribution < -0.4 is 15.5 Å². The van der Waals surface area contributed by atoms with E-state index in [0.717, 1.165) is 16.9 Å². The molecule has 2 rings (SSSR count). The summed E-state index contributed by atoms with van der Waals surface area (Å²) in [6, 6.07) is 16.5. The van der Waals surface area contributed by atoms with E-state index < -0.39 is 11.8 Å². The van der Waals surface area contributed by atoms with Gasteiger partial charge in [0.05, 0.1) is 12.8 Å². The molecular weight excluding hydrogens is 306 g/mol. The number of hydrazone groups is 1. The molecule has 2 aromatic carbocycles. The Hall–Kier alpha value is -3.15. The smallest absolute Gasteiger partial charge is 0.329 e. The summed E-state index contributed by atoms with van der Waals surface area (Å²) in [5.74, 6) is -0.783. The quantitative estimate of drug-likeness (QED) is 0.483. The van der Waals surface area contributed by atoms with Gasteiger partial charge in [-0.1, -0.05) is 30.3 Å². The predicted octanol–water partition coefficient (Wildman–Crippen LogP) is 1.85. The van der Waals surface area contributed by atoms with Crippen LogP contribution in [0.15, 0.2) is 59.7 Å². The summed E-state index contributed by atoms with van der Waals surface area (Å²) in [6.07, 6.45) is 1.46. The van der Waals surface area contributed by atoms with E-state index >= 15 is 0 Å². The topological polar surface area (TPSA) is 79.8 Å². The van der Waals surface area contributed by atoms with Gasteiger partial charge in [0.1, 0.15) is 5.75 Å². The van der Waals surface area contributed by atoms with Crippen LogP contribution in [0.2, 0.25) is 0 Å². The molecule has 24 heavy (non-hydrogen) atoms. The minimum atomic E-state index is -0.812. The van der Waals surface area contributed by atoms with Gasteiger partial charge in [-0.3, -0.25) is 9.59 Å². The standard InChI is InChI=1S/C18H19N3O3/c1-2-24-16-10-8-15(9-11-16)13-20-21-18(23)17(22)19-12-14-6-4-3-5-7-14/h3-11,13H,2,12H2,1H3,(H,19,22)(H,21,23)/b20-13-. The lowest BCUT2D eigenvalue weighted by Gasteiger charge is -2.04. The summed E-state index contributed by atoms with van der Waals surface area (Å²) in [7, 11) is 0. The number of ether oxygens (including phenoxy) is 1. The van der Waals surface area contributed by atoms with Crippen molar-refractivity contribution < 1.29 is 14.3 Å². The van der Waals surface area contributed by atoms with Crippen molar-refractivity contribution in [2.24, 2.45) is 5.10 Å². The molecule has 6 heteroatoms. The largest absolute Gasteiger partial charge is 0.494 e. The molecule has 0 atom stereocenters. The number of hydrogen-bond acceptors (Lipinski definition) is 4. The second-order valence-corrected chi connectivity index (χ2v) is 4.87. The molecule has 0 aliphatic rings. The molecule has 0 saturated carbocycles. The number of nitrogens with zero attached hydrogens (tertiary/aromatic N) is 1. The maximum absolute atomic E-state index is 11.7. The van der Waals surface area contributed by atoms with E-state index in [1.165, 1.54) is 6.21 Å². The molecule has 0 unspecified atom stereocenters. The number of benzene rings is 2. The van der Waals surface area contributed by atoms with Gasteiger partial charge < -0.3 is 10.1 Å². The van der Waals surface area contributed by atoms with Crippen molar-refractivity contribution in [3.63, 3.8) is 0 Å². The fraction of sp³-hybridized carbons (Fsp3) is 0.167. The van der Waals surface area contributed by atoms with Crippen LogP contribution in [0.1, 0.15) is 18.1 Å². The molecule has 0 aliphatic carbocycles. The second-order valence-electron chi connectivity index (χ2n) is 4.87. The fourth-order valence-corrected chi connectivity index (χ4v) is 1.89. The zero-order valence-corrected chi connectivity index (χ0v) is 13.4. The van der Waals surface area contributed by atoms with E-state index in [1.54, 1.807) is 24.3 Å². The average Bonchev–Trinajstić information content (AvgIpc) is 2.62. The third kappa shape index (κ3) is 5.57. The molecule has 2 aromatic rings. The Kier molecular flexibility index (Phi) is 6.52. The van der Waals surface area contributed by atoms with Crippen LogP contribution in [0.5, 0.6) is 5.75 Å². The van der Waals surface area contributed by atoms with Gasteiger partial charge in [0, 0.05) is 6.54 Å². The van der Waals surface area contributed by atoms with Crippen LogP contribution in [-0.4, -0.2) is 24.6 Å². The molecule has 0 spiro atoms. The normalized spacial score (nSPS) is 10.4. The van der Waals surface area contributed by atoms with E-state index in [2.05, 4.69) is 15.8 Å². The Balaban J connectivity index is 1.78. The van der Waals surface area contributed by atoms with Gasteiger partial charge in [-0.25, -0.2) is 5.43 Å². The van der Waals surface area contributed by atoms with E-state index in [-0.39, 0.29) is 6.54 Å². The summed E-state index contributed by atoms with van der Waals surface area (Å²) in [5, 5.41) is 6.29. The highest BCUT2D eigenvalue weighted by molar-refractivity contribution is 6.35. The monoisotopic (exact) mass is 325 g/mol. The van der Waals surface area contributed by atoms with Crippen LogP contribution >= 0.6 is 0 Å². The second kappa shape index (κ2) is 9.09. The number of carbonyl (C=O) groups excluding carboxylic acids is 2. The zero-order valence-electron chi connectivity index (χ0n) is 13.4. The summed E-state index contributed by atoms with van der Waals surface area (Å²) < 4.78 is 5.33. The van der Waals surface area contributed by atoms with Crippen molar-refractivity contribution >= 4 is 18.0 Å². The molecule has 0 aromatic heterocycles. The van der Waals surface area contributed by atoms with Gasteiger partial charge in [-0.05, 0) is 42.3 Å². The summed E-state index contributed by atoms with van der Waals surface area (Å²) in [6.45, 7) is 2.80. The lowest BCUT2D eigenvalue weighted by Crippen LogP contribution is -2.37. The third-order valence-electron chi connectivity index (χ3n) is 3.07. The molecule has 124 valence electrons.